The van der Waals surface area contributed by atoms with Crippen LogP contribution in [-0.2, 0) is 4.74 Å². The average Bonchev–Trinajstić information content (AvgIpc) is 3.22. The summed E-state index contributed by atoms with van der Waals surface area (Å²) in [6.45, 7) is 6.01. The predicted octanol–water partition coefficient (Wildman–Crippen LogP) is 5.67. The standard InChI is InChI=1S/C23H23NO3S/c1-4-16(3)17-9-11-18(12-10-17)21(25)13-27-23(26)20-14-28-22(24-20)19-7-5-15(2)6-8-19/h5-12,14,16H,4,13H2,1-3H3/t16-/m1/s1. The zero-order chi connectivity index (χ0) is 20.1. The Kier molecular flexibility index (Phi) is 6.37. The number of thiazole rings is 1. The third-order valence-electron chi connectivity index (χ3n) is 4.76. The minimum atomic E-state index is -0.584. The molecule has 0 fully saturated rings. The highest BCUT2D eigenvalue weighted by Crippen LogP contribution is 2.24. The molecule has 0 saturated heterocycles. The normalized spacial score (nSPS) is 11.8. The lowest BCUT2D eigenvalue weighted by atomic mass is 9.97. The average molecular weight is 394 g/mol. The number of aryl methyl sites for hydroxylation is 1. The Bertz CT molecular complexity index is 958. The Hall–Kier alpha value is -2.79. The number of hydrogen-bond acceptors (Lipinski definition) is 5. The van der Waals surface area contributed by atoms with E-state index < -0.39 is 5.97 Å². The lowest BCUT2D eigenvalue weighted by Crippen LogP contribution is -2.14. The molecule has 0 spiro atoms. The molecule has 0 unspecified atom stereocenters. The molecule has 0 aliphatic rings. The largest absolute Gasteiger partial charge is 0.453 e. The zero-order valence-electron chi connectivity index (χ0n) is 16.3. The summed E-state index contributed by atoms with van der Waals surface area (Å²) in [6.07, 6.45) is 1.04. The first-order valence-electron chi connectivity index (χ1n) is 9.30. The van der Waals surface area contributed by atoms with E-state index in [4.69, 9.17) is 4.74 Å². The van der Waals surface area contributed by atoms with Crippen LogP contribution in [0.5, 0.6) is 0 Å². The second-order valence-corrected chi connectivity index (χ2v) is 7.69. The molecule has 0 aliphatic carbocycles. The molecular weight excluding hydrogens is 370 g/mol. The zero-order valence-corrected chi connectivity index (χ0v) is 17.1. The van der Waals surface area contributed by atoms with Crippen LogP contribution in [0.1, 0.15) is 58.2 Å². The van der Waals surface area contributed by atoms with Crippen molar-refractivity contribution in [3.8, 4) is 10.6 Å². The second-order valence-electron chi connectivity index (χ2n) is 6.83. The van der Waals surface area contributed by atoms with E-state index in [9.17, 15) is 9.59 Å². The Morgan fingerprint density at radius 2 is 1.75 bits per heavy atom. The fourth-order valence-electron chi connectivity index (χ4n) is 2.72. The van der Waals surface area contributed by atoms with Crippen LogP contribution in [0.4, 0.5) is 0 Å². The van der Waals surface area contributed by atoms with Gasteiger partial charge >= 0.3 is 5.97 Å². The Labute approximate surface area is 169 Å². The maximum atomic E-state index is 12.3. The quantitative estimate of drug-likeness (QED) is 0.383. The maximum absolute atomic E-state index is 12.3. The van der Waals surface area contributed by atoms with Gasteiger partial charge in [-0.3, -0.25) is 4.79 Å². The van der Waals surface area contributed by atoms with Crippen LogP contribution in [0.15, 0.2) is 53.9 Å². The summed E-state index contributed by atoms with van der Waals surface area (Å²) in [5.74, 6) is -0.355. The van der Waals surface area contributed by atoms with Crippen molar-refractivity contribution in [3.05, 3.63) is 76.3 Å². The number of nitrogens with zero attached hydrogens (tertiary/aromatic N) is 1. The number of aromatic nitrogens is 1. The monoisotopic (exact) mass is 393 g/mol. The molecule has 144 valence electrons. The number of hydrogen-bond donors (Lipinski definition) is 0. The first-order valence-corrected chi connectivity index (χ1v) is 10.2. The van der Waals surface area contributed by atoms with Crippen LogP contribution < -0.4 is 0 Å². The lowest BCUT2D eigenvalue weighted by molar-refractivity contribution is 0.0470. The van der Waals surface area contributed by atoms with Crippen molar-refractivity contribution >= 4 is 23.1 Å². The molecule has 0 saturated carbocycles. The van der Waals surface area contributed by atoms with Crippen molar-refractivity contribution in [1.82, 2.24) is 4.98 Å². The topological polar surface area (TPSA) is 56.3 Å². The predicted molar refractivity (Wildman–Crippen MR) is 112 cm³/mol. The van der Waals surface area contributed by atoms with E-state index in [0.29, 0.717) is 11.5 Å². The van der Waals surface area contributed by atoms with Crippen LogP contribution in [-0.4, -0.2) is 23.3 Å². The molecular formula is C23H23NO3S. The number of rotatable bonds is 7. The van der Waals surface area contributed by atoms with Crippen LogP contribution in [0.25, 0.3) is 10.6 Å². The summed E-state index contributed by atoms with van der Waals surface area (Å²) in [4.78, 5) is 28.9. The van der Waals surface area contributed by atoms with E-state index in [-0.39, 0.29) is 18.1 Å². The van der Waals surface area contributed by atoms with Crippen LogP contribution >= 0.6 is 11.3 Å². The molecule has 28 heavy (non-hydrogen) atoms. The molecule has 1 heterocycles. The summed E-state index contributed by atoms with van der Waals surface area (Å²) in [5.41, 5.74) is 4.07. The minimum absolute atomic E-state index is 0.223. The minimum Gasteiger partial charge on any atom is -0.453 e. The summed E-state index contributed by atoms with van der Waals surface area (Å²) in [6, 6.07) is 15.4. The molecule has 5 heteroatoms. The summed E-state index contributed by atoms with van der Waals surface area (Å²) in [5, 5.41) is 2.40. The van der Waals surface area contributed by atoms with Crippen molar-refractivity contribution in [3.63, 3.8) is 0 Å². The maximum Gasteiger partial charge on any atom is 0.358 e. The van der Waals surface area contributed by atoms with E-state index in [0.717, 1.165) is 22.6 Å². The molecule has 1 atom stereocenters. The molecule has 4 nitrogen and oxygen atoms in total. The van der Waals surface area contributed by atoms with Crippen molar-refractivity contribution in [2.45, 2.75) is 33.1 Å². The van der Waals surface area contributed by atoms with Gasteiger partial charge in [0.05, 0.1) is 0 Å². The summed E-state index contributed by atoms with van der Waals surface area (Å²) < 4.78 is 5.17. The van der Waals surface area contributed by atoms with Gasteiger partial charge in [0, 0.05) is 16.5 Å². The van der Waals surface area contributed by atoms with Crippen LogP contribution in [0.2, 0.25) is 0 Å². The van der Waals surface area contributed by atoms with Gasteiger partial charge in [0.2, 0.25) is 0 Å². The fraction of sp³-hybridized carbons (Fsp3) is 0.261. The van der Waals surface area contributed by atoms with Crippen LogP contribution in [0, 0.1) is 6.92 Å². The number of esters is 1. The van der Waals surface area contributed by atoms with E-state index in [2.05, 4.69) is 18.8 Å². The van der Waals surface area contributed by atoms with Crippen molar-refractivity contribution < 1.29 is 14.3 Å². The smallest absolute Gasteiger partial charge is 0.358 e. The summed E-state index contributed by atoms with van der Waals surface area (Å²) in [7, 11) is 0. The van der Waals surface area contributed by atoms with Gasteiger partial charge in [0.15, 0.2) is 18.1 Å². The Morgan fingerprint density at radius 3 is 2.39 bits per heavy atom. The van der Waals surface area contributed by atoms with Crippen molar-refractivity contribution in [1.29, 1.82) is 0 Å². The van der Waals surface area contributed by atoms with Gasteiger partial charge in [-0.25, -0.2) is 9.78 Å². The highest BCUT2D eigenvalue weighted by molar-refractivity contribution is 7.13. The summed E-state index contributed by atoms with van der Waals surface area (Å²) >= 11 is 1.38. The first-order chi connectivity index (χ1) is 13.5. The molecule has 0 aliphatic heterocycles. The molecule has 3 aromatic rings. The van der Waals surface area contributed by atoms with Crippen molar-refractivity contribution in [2.75, 3.05) is 6.61 Å². The molecule has 2 aromatic carbocycles. The van der Waals surface area contributed by atoms with E-state index in [1.807, 2.05) is 43.3 Å². The number of ketones is 1. The number of Topliss-reactive ketones (excluding diaryl/α,β-unsaturated/α-hetero) is 1. The number of carbonyl (C=O) groups excluding carboxylic acids is 2. The molecule has 0 N–H and O–H groups in total. The lowest BCUT2D eigenvalue weighted by Gasteiger charge is -2.09. The first kappa shape index (κ1) is 20.0. The number of carbonyl (C=O) groups is 2. The van der Waals surface area contributed by atoms with Crippen LogP contribution in [0.3, 0.4) is 0 Å². The Balaban J connectivity index is 1.59. The van der Waals surface area contributed by atoms with E-state index in [1.54, 1.807) is 17.5 Å². The molecule has 3 rings (SSSR count). The van der Waals surface area contributed by atoms with Gasteiger partial charge in [-0.1, -0.05) is 67.9 Å². The number of benzene rings is 2. The number of ether oxygens (including phenoxy) is 1. The van der Waals surface area contributed by atoms with Gasteiger partial charge in [-0.05, 0) is 24.8 Å². The third kappa shape index (κ3) is 4.73. The Morgan fingerprint density at radius 1 is 1.07 bits per heavy atom. The second kappa shape index (κ2) is 8.93. The van der Waals surface area contributed by atoms with Gasteiger partial charge < -0.3 is 4.74 Å². The highest BCUT2D eigenvalue weighted by atomic mass is 32.1. The van der Waals surface area contributed by atoms with Gasteiger partial charge in [0.25, 0.3) is 0 Å². The fourth-order valence-corrected chi connectivity index (χ4v) is 3.51. The van der Waals surface area contributed by atoms with E-state index >= 15 is 0 Å². The molecule has 0 amide bonds. The molecule has 0 radical (unpaired) electrons. The third-order valence-corrected chi connectivity index (χ3v) is 5.65. The molecule has 1 aromatic heterocycles. The van der Waals surface area contributed by atoms with Crippen molar-refractivity contribution in [2.24, 2.45) is 0 Å². The molecule has 0 bridgehead atoms. The highest BCUT2D eigenvalue weighted by Gasteiger charge is 2.16. The van der Waals surface area contributed by atoms with E-state index in [1.165, 1.54) is 16.9 Å². The van der Waals surface area contributed by atoms with Gasteiger partial charge in [0.1, 0.15) is 5.01 Å². The van der Waals surface area contributed by atoms with Gasteiger partial charge in [-0.15, -0.1) is 11.3 Å². The van der Waals surface area contributed by atoms with Gasteiger partial charge in [-0.2, -0.15) is 0 Å². The SMILES string of the molecule is CC[C@@H](C)c1ccc(C(=O)COC(=O)c2csc(-c3ccc(C)cc3)n2)cc1.